The third-order valence-electron chi connectivity index (χ3n) is 2.28. The van der Waals surface area contributed by atoms with Crippen LogP contribution in [-0.2, 0) is 19.6 Å². The Bertz CT molecular complexity index is 552. The molecule has 0 aliphatic carbocycles. The number of ether oxygens (including phenoxy) is 1. The Labute approximate surface area is 119 Å². The Morgan fingerprint density at radius 3 is 2.25 bits per heavy atom. The summed E-state index contributed by atoms with van der Waals surface area (Å²) in [7, 11) is -4.06. The van der Waals surface area contributed by atoms with Gasteiger partial charge >= 0.3 is 5.97 Å². The number of nitrogens with two attached hydrogens (primary N) is 1. The van der Waals surface area contributed by atoms with Crippen molar-refractivity contribution in [2.24, 2.45) is 5.73 Å². The molecule has 0 unspecified atom stereocenters. The number of hydrogen-bond donors (Lipinski definition) is 2. The first-order valence-electron chi connectivity index (χ1n) is 6.06. The predicted molar refractivity (Wildman–Crippen MR) is 76.0 cm³/mol. The van der Waals surface area contributed by atoms with Gasteiger partial charge in [-0.05, 0) is 44.9 Å². The predicted octanol–water partition coefficient (Wildman–Crippen LogP) is 1.45. The van der Waals surface area contributed by atoms with Crippen LogP contribution < -0.4 is 5.73 Å². The normalized spacial score (nSPS) is 12.1. The number of rotatable bonds is 3. The molecule has 0 heterocycles. The second-order valence-electron chi connectivity index (χ2n) is 4.28. The van der Waals surface area contributed by atoms with Crippen LogP contribution >= 0.6 is 0 Å². The van der Waals surface area contributed by atoms with Crippen LogP contribution in [-0.4, -0.2) is 31.6 Å². The van der Waals surface area contributed by atoms with Gasteiger partial charge in [-0.2, -0.15) is 8.42 Å². The van der Waals surface area contributed by atoms with Gasteiger partial charge in [-0.3, -0.25) is 9.35 Å². The molecule has 3 N–H and O–H groups in total. The van der Waals surface area contributed by atoms with Crippen molar-refractivity contribution < 1.29 is 22.5 Å². The van der Waals surface area contributed by atoms with E-state index in [1.165, 1.54) is 6.07 Å². The molecular weight excluding hydrogens is 282 g/mol. The van der Waals surface area contributed by atoms with E-state index < -0.39 is 16.2 Å². The van der Waals surface area contributed by atoms with Gasteiger partial charge < -0.3 is 10.5 Å². The molecule has 0 amide bonds. The van der Waals surface area contributed by atoms with E-state index >= 15 is 0 Å². The van der Waals surface area contributed by atoms with Crippen LogP contribution in [0, 0.1) is 13.8 Å². The molecule has 7 heteroatoms. The molecule has 1 aromatic rings. The molecule has 1 rings (SSSR count). The zero-order valence-electron chi connectivity index (χ0n) is 12.1. The molecule has 0 aliphatic rings. The number of benzene rings is 1. The van der Waals surface area contributed by atoms with Crippen LogP contribution in [0.15, 0.2) is 23.1 Å². The summed E-state index contributed by atoms with van der Waals surface area (Å²) < 4.78 is 34.8. The molecule has 6 nitrogen and oxygen atoms in total. The topological polar surface area (TPSA) is 107 Å². The Morgan fingerprint density at radius 1 is 1.40 bits per heavy atom. The summed E-state index contributed by atoms with van der Waals surface area (Å²) in [6.07, 6.45) is 0. The first-order valence-corrected chi connectivity index (χ1v) is 7.50. The summed E-state index contributed by atoms with van der Waals surface area (Å²) in [6, 6.07) is 4.42. The van der Waals surface area contributed by atoms with Crippen molar-refractivity contribution in [1.29, 1.82) is 0 Å². The van der Waals surface area contributed by atoms with Crippen molar-refractivity contribution in [3.05, 3.63) is 29.3 Å². The lowest BCUT2D eigenvalue weighted by molar-refractivity contribution is -0.144. The second-order valence-corrected chi connectivity index (χ2v) is 5.67. The van der Waals surface area contributed by atoms with Crippen molar-refractivity contribution in [3.63, 3.8) is 0 Å². The van der Waals surface area contributed by atoms with E-state index in [1.807, 2.05) is 0 Å². The third-order valence-corrected chi connectivity index (χ3v) is 3.28. The fraction of sp³-hybridized carbons (Fsp3) is 0.462. The Morgan fingerprint density at radius 2 is 1.95 bits per heavy atom. The molecule has 0 saturated carbocycles. The molecule has 0 aliphatic heterocycles. The van der Waals surface area contributed by atoms with E-state index in [2.05, 4.69) is 4.74 Å². The summed E-state index contributed by atoms with van der Waals surface area (Å²) in [5.74, 6) is -0.340. The monoisotopic (exact) mass is 303 g/mol. The summed E-state index contributed by atoms with van der Waals surface area (Å²) in [6.45, 7) is 7.16. The minimum Gasteiger partial charge on any atom is -0.465 e. The van der Waals surface area contributed by atoms with Crippen LogP contribution in [0.5, 0.6) is 0 Å². The minimum atomic E-state index is -4.06. The summed E-state index contributed by atoms with van der Waals surface area (Å²) in [5.41, 5.74) is 6.52. The highest BCUT2D eigenvalue weighted by atomic mass is 32.2. The maximum absolute atomic E-state index is 10.8. The lowest BCUT2D eigenvalue weighted by atomic mass is 10.2. The van der Waals surface area contributed by atoms with Gasteiger partial charge in [-0.1, -0.05) is 12.1 Å². The average molecular weight is 303 g/mol. The number of carbonyl (C=O) groups excluding carboxylic acids is 1. The second kappa shape index (κ2) is 7.98. The van der Waals surface area contributed by atoms with Gasteiger partial charge in [0.2, 0.25) is 0 Å². The average Bonchev–Trinajstić information content (AvgIpc) is 2.32. The first kappa shape index (κ1) is 18.6. The fourth-order valence-corrected chi connectivity index (χ4v) is 2.07. The molecule has 0 radical (unpaired) electrons. The van der Waals surface area contributed by atoms with Gasteiger partial charge in [0.1, 0.15) is 6.04 Å². The Kier molecular flexibility index (Phi) is 7.41. The van der Waals surface area contributed by atoms with Crippen LogP contribution in [0.1, 0.15) is 25.0 Å². The fourth-order valence-electron chi connectivity index (χ4n) is 1.26. The quantitative estimate of drug-likeness (QED) is 0.646. The van der Waals surface area contributed by atoms with Gasteiger partial charge in [0.25, 0.3) is 10.1 Å². The molecule has 1 atom stereocenters. The molecule has 0 fully saturated rings. The summed E-state index contributed by atoms with van der Waals surface area (Å²) in [5, 5.41) is 0. The summed E-state index contributed by atoms with van der Waals surface area (Å²) >= 11 is 0. The van der Waals surface area contributed by atoms with E-state index in [4.69, 9.17) is 10.3 Å². The smallest absolute Gasteiger partial charge is 0.322 e. The van der Waals surface area contributed by atoms with Crippen LogP contribution in [0.3, 0.4) is 0 Å². The minimum absolute atomic E-state index is 0.0116. The van der Waals surface area contributed by atoms with E-state index in [0.29, 0.717) is 12.2 Å². The number of aryl methyl sites for hydroxylation is 2. The molecule has 114 valence electrons. The first-order chi connectivity index (χ1) is 9.09. The van der Waals surface area contributed by atoms with E-state index in [0.717, 1.165) is 5.56 Å². The zero-order chi connectivity index (χ0) is 15.9. The van der Waals surface area contributed by atoms with Crippen LogP contribution in [0.25, 0.3) is 0 Å². The summed E-state index contributed by atoms with van der Waals surface area (Å²) in [4.78, 5) is 10.4. The molecule has 0 saturated heterocycles. The van der Waals surface area contributed by atoms with Gasteiger partial charge in [0.15, 0.2) is 0 Å². The lowest BCUT2D eigenvalue weighted by Gasteiger charge is -2.02. The Balaban J connectivity index is 0.000000396. The largest absolute Gasteiger partial charge is 0.465 e. The molecule has 0 bridgehead atoms. The van der Waals surface area contributed by atoms with Crippen molar-refractivity contribution in [3.8, 4) is 0 Å². The highest BCUT2D eigenvalue weighted by Crippen LogP contribution is 2.15. The molecule has 20 heavy (non-hydrogen) atoms. The van der Waals surface area contributed by atoms with E-state index in [9.17, 15) is 13.2 Å². The SMILES string of the molecule is CCOC(=O)[C@H](C)N.Cc1ccc(C)c(S(=O)(=O)O)c1. The molecule has 0 spiro atoms. The van der Waals surface area contributed by atoms with Gasteiger partial charge in [-0.15, -0.1) is 0 Å². The molecule has 0 aromatic heterocycles. The van der Waals surface area contributed by atoms with Crippen LogP contribution in [0.4, 0.5) is 0 Å². The van der Waals surface area contributed by atoms with Gasteiger partial charge in [0.05, 0.1) is 11.5 Å². The number of carbonyl (C=O) groups is 1. The van der Waals surface area contributed by atoms with Gasteiger partial charge in [-0.25, -0.2) is 0 Å². The third kappa shape index (κ3) is 6.65. The van der Waals surface area contributed by atoms with Crippen molar-refractivity contribution in [1.82, 2.24) is 0 Å². The number of hydrogen-bond acceptors (Lipinski definition) is 5. The standard InChI is InChI=1S/C8H10O3S.C5H11NO2/c1-6-3-4-7(2)8(5-6)12(9,10)11;1-3-8-5(7)4(2)6/h3-5H,1-2H3,(H,9,10,11);4H,3,6H2,1-2H3/t;4-/m.0/s1. The van der Waals surface area contributed by atoms with Crippen molar-refractivity contribution in [2.45, 2.75) is 38.6 Å². The lowest BCUT2D eigenvalue weighted by Crippen LogP contribution is -2.28. The van der Waals surface area contributed by atoms with E-state index in [-0.39, 0.29) is 10.9 Å². The maximum Gasteiger partial charge on any atom is 0.322 e. The maximum atomic E-state index is 10.8. The molecular formula is C13H21NO5S. The van der Waals surface area contributed by atoms with Crippen molar-refractivity contribution in [2.75, 3.05) is 6.61 Å². The zero-order valence-corrected chi connectivity index (χ0v) is 12.9. The molecule has 1 aromatic carbocycles. The van der Waals surface area contributed by atoms with E-state index in [1.54, 1.807) is 39.8 Å². The highest BCUT2D eigenvalue weighted by molar-refractivity contribution is 7.85. The number of esters is 1. The Hall–Kier alpha value is -1.44. The highest BCUT2D eigenvalue weighted by Gasteiger charge is 2.12. The van der Waals surface area contributed by atoms with Crippen molar-refractivity contribution >= 4 is 16.1 Å². The van der Waals surface area contributed by atoms with Gasteiger partial charge in [0, 0.05) is 0 Å². The van der Waals surface area contributed by atoms with Crippen LogP contribution in [0.2, 0.25) is 0 Å².